The molecular weight excluding hydrogens is 360 g/mol. The summed E-state index contributed by atoms with van der Waals surface area (Å²) in [7, 11) is 1.70. The summed E-state index contributed by atoms with van der Waals surface area (Å²) in [6, 6.07) is 6.79. The summed E-state index contributed by atoms with van der Waals surface area (Å²) in [6.07, 6.45) is 2.43. The predicted octanol–water partition coefficient (Wildman–Crippen LogP) is 1.30. The molecule has 152 valence electrons. The number of hydrogen-bond acceptors (Lipinski definition) is 5. The third-order valence-electron chi connectivity index (χ3n) is 6.50. The molecule has 0 radical (unpaired) electrons. The van der Waals surface area contributed by atoms with Gasteiger partial charge in [0.1, 0.15) is 0 Å². The van der Waals surface area contributed by atoms with Gasteiger partial charge in [-0.15, -0.1) is 0 Å². The topological polar surface area (TPSA) is 79.3 Å². The van der Waals surface area contributed by atoms with Crippen molar-refractivity contribution in [1.29, 1.82) is 0 Å². The van der Waals surface area contributed by atoms with E-state index in [2.05, 4.69) is 0 Å². The van der Waals surface area contributed by atoms with Crippen molar-refractivity contribution < 1.29 is 24.2 Å². The zero-order valence-electron chi connectivity index (χ0n) is 16.3. The van der Waals surface area contributed by atoms with Gasteiger partial charge in [0.05, 0.1) is 31.0 Å². The lowest BCUT2D eigenvalue weighted by Gasteiger charge is -2.42. The first-order valence-electron chi connectivity index (χ1n) is 10.1. The van der Waals surface area contributed by atoms with Crippen LogP contribution in [0.4, 0.5) is 0 Å². The van der Waals surface area contributed by atoms with Gasteiger partial charge >= 0.3 is 0 Å². The number of fused-ring (bicyclic) bond motifs is 1. The Bertz CT molecular complexity index is 731. The normalized spacial score (nSPS) is 30.2. The number of aliphatic hydroxyl groups is 1. The Kier molecular flexibility index (Phi) is 5.40. The van der Waals surface area contributed by atoms with Gasteiger partial charge in [0.2, 0.25) is 0 Å². The number of benzene rings is 1. The lowest BCUT2D eigenvalue weighted by atomic mass is 9.79. The molecule has 0 bridgehead atoms. The number of rotatable bonds is 3. The van der Waals surface area contributed by atoms with Gasteiger partial charge < -0.3 is 24.4 Å². The minimum absolute atomic E-state index is 0.0303. The number of amides is 2. The molecule has 4 rings (SSSR count). The van der Waals surface area contributed by atoms with E-state index in [-0.39, 0.29) is 23.5 Å². The van der Waals surface area contributed by atoms with Crippen molar-refractivity contribution in [2.75, 3.05) is 40.0 Å². The minimum Gasteiger partial charge on any atom is -0.393 e. The van der Waals surface area contributed by atoms with E-state index in [9.17, 15) is 14.7 Å². The van der Waals surface area contributed by atoms with E-state index in [1.807, 2.05) is 4.90 Å². The van der Waals surface area contributed by atoms with Gasteiger partial charge in [0.15, 0.2) is 0 Å². The van der Waals surface area contributed by atoms with Gasteiger partial charge in [-0.2, -0.15) is 0 Å². The van der Waals surface area contributed by atoms with E-state index < -0.39 is 6.10 Å². The fourth-order valence-electron chi connectivity index (χ4n) is 4.79. The first kappa shape index (κ1) is 19.4. The molecule has 1 saturated carbocycles. The van der Waals surface area contributed by atoms with Crippen molar-refractivity contribution in [2.24, 2.45) is 0 Å². The second kappa shape index (κ2) is 7.81. The summed E-state index contributed by atoms with van der Waals surface area (Å²) < 4.78 is 11.1. The highest BCUT2D eigenvalue weighted by atomic mass is 16.5. The average molecular weight is 388 g/mol. The fourth-order valence-corrected chi connectivity index (χ4v) is 4.79. The molecule has 1 aromatic rings. The van der Waals surface area contributed by atoms with Crippen molar-refractivity contribution in [1.82, 2.24) is 9.80 Å². The Morgan fingerprint density at radius 3 is 2.36 bits per heavy atom. The third kappa shape index (κ3) is 3.43. The van der Waals surface area contributed by atoms with Crippen LogP contribution in [-0.4, -0.2) is 84.4 Å². The van der Waals surface area contributed by atoms with Crippen molar-refractivity contribution in [2.45, 2.75) is 43.4 Å². The summed E-state index contributed by atoms with van der Waals surface area (Å²) in [5.41, 5.74) is 0.797. The summed E-state index contributed by atoms with van der Waals surface area (Å²) >= 11 is 0. The van der Waals surface area contributed by atoms with Gasteiger partial charge in [-0.1, -0.05) is 0 Å². The molecular formula is C21H28N2O5. The van der Waals surface area contributed by atoms with Gasteiger partial charge in [-0.3, -0.25) is 9.59 Å². The Morgan fingerprint density at radius 2 is 1.71 bits per heavy atom. The molecule has 0 aromatic heterocycles. The predicted molar refractivity (Wildman–Crippen MR) is 102 cm³/mol. The molecule has 2 aliphatic heterocycles. The lowest BCUT2D eigenvalue weighted by Crippen LogP contribution is -2.52. The molecule has 28 heavy (non-hydrogen) atoms. The van der Waals surface area contributed by atoms with E-state index >= 15 is 0 Å². The van der Waals surface area contributed by atoms with Gasteiger partial charge in [0, 0.05) is 37.9 Å². The molecule has 3 fully saturated rings. The second-order valence-electron chi connectivity index (χ2n) is 7.94. The largest absolute Gasteiger partial charge is 0.393 e. The zero-order valence-corrected chi connectivity index (χ0v) is 16.3. The highest BCUT2D eigenvalue weighted by Gasteiger charge is 2.52. The van der Waals surface area contributed by atoms with Crippen LogP contribution in [-0.2, 0) is 9.47 Å². The number of ether oxygens (including phenoxy) is 2. The highest BCUT2D eigenvalue weighted by Crippen LogP contribution is 2.42. The molecule has 2 heterocycles. The van der Waals surface area contributed by atoms with E-state index in [4.69, 9.17) is 9.47 Å². The number of carbonyl (C=O) groups is 2. The van der Waals surface area contributed by atoms with Gasteiger partial charge in [-0.05, 0) is 49.9 Å². The second-order valence-corrected chi connectivity index (χ2v) is 7.94. The Balaban J connectivity index is 1.48. The molecule has 1 aromatic carbocycles. The monoisotopic (exact) mass is 388 g/mol. The Hall–Kier alpha value is -1.96. The number of likely N-dealkylation sites (tertiary alicyclic amines) is 1. The molecule has 3 aliphatic rings. The van der Waals surface area contributed by atoms with Crippen LogP contribution in [0.2, 0.25) is 0 Å². The molecule has 2 amide bonds. The molecule has 7 heteroatoms. The van der Waals surface area contributed by atoms with Crippen LogP contribution in [0.3, 0.4) is 0 Å². The van der Waals surface area contributed by atoms with Crippen LogP contribution in [0.5, 0.6) is 0 Å². The standard InChI is InChI=1S/C21H28N2O5/c1-27-21-7-6-17(24)14-18(21)23(9-8-21)20(26)16-4-2-15(3-5-16)19(25)22-10-12-28-13-11-22/h2-5,17-18,24H,6-14H2,1H3/t17-,18-,21+/m0/s1. The number of aliphatic hydroxyl groups excluding tert-OH is 1. The fraction of sp³-hybridized carbons (Fsp3) is 0.619. The van der Waals surface area contributed by atoms with E-state index in [1.165, 1.54) is 0 Å². The number of carbonyl (C=O) groups excluding carboxylic acids is 2. The lowest BCUT2D eigenvalue weighted by molar-refractivity contribution is -0.0824. The number of methoxy groups -OCH3 is 1. The SMILES string of the molecule is CO[C@@]12CC[C@H](O)C[C@@H]1N(C(=O)c1ccc(C(=O)N3CCOCC3)cc1)CC2. The Labute approximate surface area is 165 Å². The molecule has 2 saturated heterocycles. The van der Waals surface area contributed by atoms with Crippen molar-refractivity contribution >= 4 is 11.8 Å². The molecule has 0 unspecified atom stereocenters. The summed E-state index contributed by atoms with van der Waals surface area (Å²) in [6.45, 7) is 2.93. The minimum atomic E-state index is -0.393. The van der Waals surface area contributed by atoms with Crippen LogP contribution in [0.15, 0.2) is 24.3 Å². The Morgan fingerprint density at radius 1 is 1.07 bits per heavy atom. The average Bonchev–Trinajstić information content (AvgIpc) is 3.12. The first-order chi connectivity index (χ1) is 13.5. The molecule has 1 N–H and O–H groups in total. The highest BCUT2D eigenvalue weighted by molar-refractivity contribution is 5.98. The maximum absolute atomic E-state index is 13.1. The van der Waals surface area contributed by atoms with Crippen LogP contribution in [0.1, 0.15) is 46.4 Å². The maximum atomic E-state index is 13.1. The summed E-state index contributed by atoms with van der Waals surface area (Å²) in [5.74, 6) is -0.0966. The molecule has 0 spiro atoms. The third-order valence-corrected chi connectivity index (χ3v) is 6.50. The van der Waals surface area contributed by atoms with Crippen LogP contribution >= 0.6 is 0 Å². The van der Waals surface area contributed by atoms with Crippen LogP contribution in [0.25, 0.3) is 0 Å². The number of hydrogen-bond donors (Lipinski definition) is 1. The van der Waals surface area contributed by atoms with Crippen molar-refractivity contribution in [3.8, 4) is 0 Å². The van der Waals surface area contributed by atoms with Gasteiger partial charge in [-0.25, -0.2) is 0 Å². The van der Waals surface area contributed by atoms with Crippen molar-refractivity contribution in [3.05, 3.63) is 35.4 Å². The van der Waals surface area contributed by atoms with Gasteiger partial charge in [0.25, 0.3) is 11.8 Å². The quantitative estimate of drug-likeness (QED) is 0.845. The maximum Gasteiger partial charge on any atom is 0.254 e. The summed E-state index contributed by atoms with van der Waals surface area (Å²) in [5, 5.41) is 10.1. The molecule has 1 aliphatic carbocycles. The van der Waals surface area contributed by atoms with Crippen LogP contribution in [0, 0.1) is 0 Å². The number of morpholine rings is 1. The van der Waals surface area contributed by atoms with Crippen LogP contribution < -0.4 is 0 Å². The number of nitrogens with zero attached hydrogens (tertiary/aromatic N) is 2. The smallest absolute Gasteiger partial charge is 0.254 e. The zero-order chi connectivity index (χ0) is 19.7. The molecule has 3 atom stereocenters. The van der Waals surface area contributed by atoms with E-state index in [0.29, 0.717) is 56.8 Å². The molecule has 7 nitrogen and oxygen atoms in total. The summed E-state index contributed by atoms with van der Waals surface area (Å²) in [4.78, 5) is 29.3. The van der Waals surface area contributed by atoms with Crippen molar-refractivity contribution in [3.63, 3.8) is 0 Å². The first-order valence-corrected chi connectivity index (χ1v) is 10.1. The van der Waals surface area contributed by atoms with E-state index in [1.54, 1.807) is 36.3 Å². The van der Waals surface area contributed by atoms with E-state index in [0.717, 1.165) is 12.8 Å².